The minimum atomic E-state index is 1.50. The molecular formula is C8H12N4. The van der Waals surface area contributed by atoms with Crippen molar-refractivity contribution in [1.82, 2.24) is 10.2 Å². The summed E-state index contributed by atoms with van der Waals surface area (Å²) in [7, 11) is 3.75. The molecule has 0 bridgehead atoms. The minimum Gasteiger partial charge on any atom is -0.186 e. The van der Waals surface area contributed by atoms with Gasteiger partial charge in [0.25, 0.3) is 0 Å². The maximum atomic E-state index is 3.49. The predicted octanol–water partition coefficient (Wildman–Crippen LogP) is 1.75. The molecule has 12 heavy (non-hydrogen) atoms. The molecule has 0 saturated carbocycles. The molecule has 0 spiro atoms. The van der Waals surface area contributed by atoms with Gasteiger partial charge in [-0.05, 0) is 10.4 Å². The van der Waals surface area contributed by atoms with Crippen molar-refractivity contribution in [2.45, 2.75) is 0 Å². The molecule has 64 valence electrons. The molecule has 4 nitrogen and oxygen atoms in total. The van der Waals surface area contributed by atoms with Crippen molar-refractivity contribution in [2.24, 2.45) is 10.4 Å². The highest BCUT2D eigenvalue weighted by atomic mass is 16.1. The number of benzene rings is 1. The first kappa shape index (κ1) is 8.67. The zero-order chi connectivity index (χ0) is 8.81. The molecule has 0 N–H and O–H groups in total. The van der Waals surface area contributed by atoms with Crippen molar-refractivity contribution < 1.29 is 0 Å². The second-order valence-corrected chi connectivity index (χ2v) is 2.45. The second kappa shape index (κ2) is 4.46. The van der Waals surface area contributed by atoms with E-state index < -0.39 is 0 Å². The van der Waals surface area contributed by atoms with Crippen LogP contribution in [0.2, 0.25) is 0 Å². The number of hydrazine groups is 1. The van der Waals surface area contributed by atoms with Gasteiger partial charge in [0.2, 0.25) is 0 Å². The predicted molar refractivity (Wildman–Crippen MR) is 46.8 cm³/mol. The number of nitrogens with zero attached hydrogens (tertiary/aromatic N) is 4. The van der Waals surface area contributed by atoms with Gasteiger partial charge in [0.1, 0.15) is 0 Å². The van der Waals surface area contributed by atoms with Gasteiger partial charge >= 0.3 is 0 Å². The van der Waals surface area contributed by atoms with Gasteiger partial charge in [-0.25, -0.2) is 0 Å². The molecule has 1 aliphatic rings. The van der Waals surface area contributed by atoms with Gasteiger partial charge in [0, 0.05) is 14.1 Å². The smallest absolute Gasteiger partial charge is 0.0101 e. The molecule has 4 heteroatoms. The summed E-state index contributed by atoms with van der Waals surface area (Å²) in [5, 5.41) is 10.2. The van der Waals surface area contributed by atoms with E-state index in [9.17, 15) is 0 Å². The molecule has 0 saturated heterocycles. The number of hydrogen-bond acceptors (Lipinski definition) is 4. The fourth-order valence-electron chi connectivity index (χ4n) is 0.563. The lowest BCUT2D eigenvalue weighted by molar-refractivity contribution is 0.126. The van der Waals surface area contributed by atoms with Crippen LogP contribution in [0.5, 0.6) is 0 Å². The molecule has 1 aromatic rings. The molecule has 0 atom stereocenters. The molecule has 1 heterocycles. The van der Waals surface area contributed by atoms with Gasteiger partial charge in [-0.2, -0.15) is 5.01 Å². The molecule has 1 aliphatic heterocycles. The van der Waals surface area contributed by atoms with Crippen LogP contribution in [0.4, 0.5) is 0 Å². The van der Waals surface area contributed by atoms with Crippen LogP contribution in [-0.4, -0.2) is 24.3 Å². The summed E-state index contributed by atoms with van der Waals surface area (Å²) in [4.78, 5) is 0. The van der Waals surface area contributed by atoms with Crippen LogP contribution in [0.25, 0.3) is 0 Å². The van der Waals surface area contributed by atoms with Crippen molar-refractivity contribution in [3.63, 3.8) is 0 Å². The molecular weight excluding hydrogens is 152 g/mol. The van der Waals surface area contributed by atoms with Crippen LogP contribution >= 0.6 is 0 Å². The van der Waals surface area contributed by atoms with Crippen molar-refractivity contribution in [2.75, 3.05) is 14.1 Å². The topological polar surface area (TPSA) is 31.0 Å². The average Bonchev–Trinajstić information content (AvgIpc) is 2.90. The van der Waals surface area contributed by atoms with Crippen molar-refractivity contribution in [3.8, 4) is 0 Å². The van der Waals surface area contributed by atoms with Crippen LogP contribution in [0.15, 0.2) is 46.8 Å². The molecule has 1 aromatic carbocycles. The Hall–Kier alpha value is -1.42. The van der Waals surface area contributed by atoms with Crippen molar-refractivity contribution >= 4 is 0 Å². The lowest BCUT2D eigenvalue weighted by atomic mass is 10.4. The summed E-state index contributed by atoms with van der Waals surface area (Å²) >= 11 is 0. The van der Waals surface area contributed by atoms with Crippen LogP contribution in [0.1, 0.15) is 0 Å². The Balaban J connectivity index is 0.000000120. The maximum absolute atomic E-state index is 3.49. The molecule has 0 unspecified atom stereocenters. The third-order valence-corrected chi connectivity index (χ3v) is 1.19. The molecule has 0 amide bonds. The van der Waals surface area contributed by atoms with E-state index in [1.807, 2.05) is 50.5 Å². The van der Waals surface area contributed by atoms with Crippen molar-refractivity contribution in [1.29, 1.82) is 0 Å². The fraction of sp³-hybridized carbons (Fsp3) is 0.250. The first-order chi connectivity index (χ1) is 5.80. The highest BCUT2D eigenvalue weighted by molar-refractivity contribution is 4.99. The molecule has 2 rings (SSSR count). The summed E-state index contributed by atoms with van der Waals surface area (Å²) < 4.78 is 0. The van der Waals surface area contributed by atoms with Gasteiger partial charge < -0.3 is 0 Å². The maximum Gasteiger partial charge on any atom is 0.0101 e. The monoisotopic (exact) mass is 164 g/mol. The molecule has 0 fully saturated rings. The van der Waals surface area contributed by atoms with E-state index in [1.54, 1.807) is 5.01 Å². The van der Waals surface area contributed by atoms with Gasteiger partial charge in [-0.1, -0.05) is 41.6 Å². The van der Waals surface area contributed by atoms with Gasteiger partial charge in [-0.15, -0.1) is 0 Å². The minimum absolute atomic E-state index is 1.50. The van der Waals surface area contributed by atoms with Crippen LogP contribution in [0, 0.1) is 0 Å². The quantitative estimate of drug-likeness (QED) is 0.633. The first-order valence-electron chi connectivity index (χ1n) is 3.69. The average molecular weight is 164 g/mol. The van der Waals surface area contributed by atoms with E-state index in [2.05, 4.69) is 10.4 Å². The third kappa shape index (κ3) is 3.68. The Bertz CT molecular complexity index is 199. The Morgan fingerprint density at radius 1 is 0.833 bits per heavy atom. The van der Waals surface area contributed by atoms with Crippen LogP contribution in [-0.2, 0) is 0 Å². The van der Waals surface area contributed by atoms with Gasteiger partial charge in [0.05, 0.1) is 0 Å². The fourth-order valence-corrected chi connectivity index (χ4v) is 0.563. The van der Waals surface area contributed by atoms with E-state index in [1.165, 1.54) is 5.23 Å². The summed E-state index contributed by atoms with van der Waals surface area (Å²) in [6.07, 6.45) is 0. The zero-order valence-electron chi connectivity index (χ0n) is 7.25. The lowest BCUT2D eigenvalue weighted by Crippen LogP contribution is -2.17. The lowest BCUT2D eigenvalue weighted by Gasteiger charge is -2.01. The Morgan fingerprint density at radius 2 is 1.17 bits per heavy atom. The van der Waals surface area contributed by atoms with E-state index >= 15 is 0 Å². The Labute approximate surface area is 72.0 Å². The first-order valence-corrected chi connectivity index (χ1v) is 3.69. The molecule has 0 aromatic heterocycles. The van der Waals surface area contributed by atoms with Crippen molar-refractivity contribution in [3.05, 3.63) is 36.4 Å². The van der Waals surface area contributed by atoms with E-state index in [4.69, 9.17) is 0 Å². The van der Waals surface area contributed by atoms with E-state index in [0.717, 1.165) is 0 Å². The second-order valence-electron chi connectivity index (χ2n) is 2.45. The standard InChI is InChI=1S/C6H6.C2H6N4/c1-2-4-6-5-3-1;1-5(2)6-3-4-6/h1-6H;1-2H3. The highest BCUT2D eigenvalue weighted by Gasteiger charge is 2.11. The summed E-state index contributed by atoms with van der Waals surface area (Å²) in [6.45, 7) is 0. The SMILES string of the molecule is CN(C)N1N=N1.c1ccccc1. The van der Waals surface area contributed by atoms with Gasteiger partial charge in [0.15, 0.2) is 0 Å². The highest BCUT2D eigenvalue weighted by Crippen LogP contribution is 2.06. The molecule has 0 radical (unpaired) electrons. The number of hydrogen-bond donors (Lipinski definition) is 0. The largest absolute Gasteiger partial charge is 0.186 e. The summed E-state index contributed by atoms with van der Waals surface area (Å²) in [5.41, 5.74) is 0. The molecule has 0 aliphatic carbocycles. The van der Waals surface area contributed by atoms with Crippen LogP contribution < -0.4 is 0 Å². The zero-order valence-corrected chi connectivity index (χ0v) is 7.25. The normalized spacial score (nSPS) is 12.4. The van der Waals surface area contributed by atoms with Crippen LogP contribution in [0.3, 0.4) is 0 Å². The van der Waals surface area contributed by atoms with Gasteiger partial charge in [-0.3, -0.25) is 0 Å². The third-order valence-electron chi connectivity index (χ3n) is 1.19. The van der Waals surface area contributed by atoms with E-state index in [0.29, 0.717) is 0 Å². The van der Waals surface area contributed by atoms with E-state index in [-0.39, 0.29) is 0 Å². The summed E-state index contributed by atoms with van der Waals surface area (Å²) in [5.74, 6) is 0. The Morgan fingerprint density at radius 3 is 1.25 bits per heavy atom. The Kier molecular flexibility index (Phi) is 3.22. The number of rotatable bonds is 1. The summed E-state index contributed by atoms with van der Waals surface area (Å²) in [6, 6.07) is 12.0.